The molecule has 0 bridgehead atoms. The minimum absolute atomic E-state index is 0.0868. The molecule has 0 saturated heterocycles. The lowest BCUT2D eigenvalue weighted by Crippen LogP contribution is -2.24. The number of nitrogens with two attached hydrogens (primary N) is 1. The molecule has 3 aromatic heterocycles. The summed E-state index contributed by atoms with van der Waals surface area (Å²) in [6, 6.07) is 0. The second-order valence-corrected chi connectivity index (χ2v) is 8.78. The molecular weight excluding hydrogens is 384 g/mol. The van der Waals surface area contributed by atoms with Crippen LogP contribution >= 0.6 is 22.7 Å². The van der Waals surface area contributed by atoms with Crippen molar-refractivity contribution in [1.29, 1.82) is 0 Å². The Morgan fingerprint density at radius 1 is 1.15 bits per heavy atom. The summed E-state index contributed by atoms with van der Waals surface area (Å²) in [6.45, 7) is 7.74. The third-order valence-corrected chi connectivity index (χ3v) is 6.86. The van der Waals surface area contributed by atoms with Crippen molar-refractivity contribution >= 4 is 49.7 Å². The molecule has 0 unspecified atom stereocenters. The molecule has 27 heavy (non-hydrogen) atoms. The smallest absolute Gasteiger partial charge is 0.262 e. The summed E-state index contributed by atoms with van der Waals surface area (Å²) < 4.78 is 1.45. The first kappa shape index (κ1) is 19.2. The molecule has 142 valence electrons. The van der Waals surface area contributed by atoms with Crippen molar-refractivity contribution in [2.75, 3.05) is 5.32 Å². The van der Waals surface area contributed by atoms with E-state index >= 15 is 0 Å². The highest BCUT2D eigenvalue weighted by atomic mass is 32.1. The predicted octanol–water partition coefficient (Wildman–Crippen LogP) is 2.88. The Labute approximate surface area is 163 Å². The van der Waals surface area contributed by atoms with Gasteiger partial charge in [-0.1, -0.05) is 0 Å². The summed E-state index contributed by atoms with van der Waals surface area (Å²) in [7, 11) is 0. The molecule has 7 nitrogen and oxygen atoms in total. The van der Waals surface area contributed by atoms with Crippen LogP contribution in [0.4, 0.5) is 5.00 Å². The van der Waals surface area contributed by atoms with Gasteiger partial charge in [-0.05, 0) is 38.8 Å². The third kappa shape index (κ3) is 3.52. The number of nitrogens with one attached hydrogen (secondary N) is 1. The number of aromatic nitrogens is 2. The molecule has 0 aliphatic carbocycles. The summed E-state index contributed by atoms with van der Waals surface area (Å²) in [4.78, 5) is 43.7. The van der Waals surface area contributed by atoms with Gasteiger partial charge in [-0.25, -0.2) is 4.98 Å². The maximum Gasteiger partial charge on any atom is 0.262 e. The Balaban J connectivity index is 1.77. The highest BCUT2D eigenvalue weighted by Gasteiger charge is 2.19. The molecule has 0 aliphatic heterocycles. The molecule has 0 aliphatic rings. The average Bonchev–Trinajstić information content (AvgIpc) is 3.03. The number of hydrogen-bond donors (Lipinski definition) is 2. The Morgan fingerprint density at radius 2 is 1.81 bits per heavy atom. The zero-order valence-electron chi connectivity index (χ0n) is 15.5. The van der Waals surface area contributed by atoms with Crippen molar-refractivity contribution in [2.24, 2.45) is 5.73 Å². The van der Waals surface area contributed by atoms with Crippen LogP contribution in [0.3, 0.4) is 0 Å². The molecule has 0 atom stereocenters. The second-order valence-electron chi connectivity index (χ2n) is 6.36. The largest absolute Gasteiger partial charge is 0.365 e. The van der Waals surface area contributed by atoms with E-state index in [9.17, 15) is 14.4 Å². The van der Waals surface area contributed by atoms with Gasteiger partial charge < -0.3 is 11.1 Å². The Bertz CT molecular complexity index is 1120. The molecule has 3 rings (SSSR count). The fourth-order valence-corrected chi connectivity index (χ4v) is 4.92. The zero-order chi connectivity index (χ0) is 19.9. The van der Waals surface area contributed by atoms with Crippen LogP contribution in [0.2, 0.25) is 0 Å². The normalized spacial score (nSPS) is 11.1. The van der Waals surface area contributed by atoms with Crippen molar-refractivity contribution in [1.82, 2.24) is 9.55 Å². The quantitative estimate of drug-likeness (QED) is 0.682. The number of rotatable bonds is 5. The van der Waals surface area contributed by atoms with E-state index in [1.165, 1.54) is 33.6 Å². The summed E-state index contributed by atoms with van der Waals surface area (Å²) in [5.74, 6) is -0.856. The minimum atomic E-state index is -0.568. The summed E-state index contributed by atoms with van der Waals surface area (Å²) in [5, 5.41) is 3.80. The van der Waals surface area contributed by atoms with Gasteiger partial charge >= 0.3 is 0 Å². The maximum absolute atomic E-state index is 12.7. The van der Waals surface area contributed by atoms with E-state index in [-0.39, 0.29) is 24.4 Å². The van der Waals surface area contributed by atoms with Crippen LogP contribution < -0.4 is 16.6 Å². The summed E-state index contributed by atoms with van der Waals surface area (Å²) in [5.41, 5.74) is 7.33. The molecule has 3 aromatic rings. The molecule has 3 heterocycles. The molecule has 0 fully saturated rings. The first-order valence-electron chi connectivity index (χ1n) is 8.35. The summed E-state index contributed by atoms with van der Waals surface area (Å²) >= 11 is 2.81. The van der Waals surface area contributed by atoms with Crippen molar-refractivity contribution in [3.05, 3.63) is 43.1 Å². The highest BCUT2D eigenvalue weighted by molar-refractivity contribution is 7.18. The topological polar surface area (TPSA) is 107 Å². The van der Waals surface area contributed by atoms with E-state index in [0.29, 0.717) is 20.8 Å². The van der Waals surface area contributed by atoms with Crippen molar-refractivity contribution in [3.8, 4) is 0 Å². The number of carbonyl (C=O) groups is 2. The number of carbonyl (C=O) groups excluding carboxylic acids is 2. The molecule has 2 amide bonds. The van der Waals surface area contributed by atoms with Crippen molar-refractivity contribution in [2.45, 2.75) is 40.7 Å². The lowest BCUT2D eigenvalue weighted by molar-refractivity contribution is -0.116. The fraction of sp³-hybridized carbons (Fsp3) is 0.333. The molecule has 0 aromatic carbocycles. The number of thiophene rings is 2. The average molecular weight is 405 g/mol. The lowest BCUT2D eigenvalue weighted by Gasteiger charge is -2.07. The number of primary amides is 1. The van der Waals surface area contributed by atoms with Gasteiger partial charge in [0.25, 0.3) is 11.5 Å². The highest BCUT2D eigenvalue weighted by Crippen LogP contribution is 2.32. The molecule has 0 spiro atoms. The van der Waals surface area contributed by atoms with E-state index in [2.05, 4.69) is 10.3 Å². The van der Waals surface area contributed by atoms with Gasteiger partial charge in [-0.3, -0.25) is 19.0 Å². The first-order valence-corrected chi connectivity index (χ1v) is 9.98. The van der Waals surface area contributed by atoms with E-state index in [0.717, 1.165) is 20.9 Å². The monoisotopic (exact) mass is 404 g/mol. The van der Waals surface area contributed by atoms with Gasteiger partial charge in [0.2, 0.25) is 5.91 Å². The SMILES string of the molecule is Cc1sc(NC(=O)CCn2cnc3sc(C)c(C)c3c2=O)c(C(N)=O)c1C. The van der Waals surface area contributed by atoms with Gasteiger partial charge in [-0.15, -0.1) is 22.7 Å². The number of fused-ring (bicyclic) bond motifs is 1. The zero-order valence-corrected chi connectivity index (χ0v) is 17.1. The predicted molar refractivity (Wildman–Crippen MR) is 109 cm³/mol. The standard InChI is InChI=1S/C18H20N4O3S2/c1-8-10(3)27-17(13(8)15(19)24)21-12(23)5-6-22-7-20-16-14(18(22)25)9(2)11(4)26-16/h7H,5-6H2,1-4H3,(H2,19,24)(H,21,23). The third-order valence-electron chi connectivity index (χ3n) is 4.62. The Morgan fingerprint density at radius 3 is 2.48 bits per heavy atom. The molecule has 9 heteroatoms. The lowest BCUT2D eigenvalue weighted by atomic mass is 10.1. The van der Waals surface area contributed by atoms with Gasteiger partial charge in [0.05, 0.1) is 17.3 Å². The van der Waals surface area contributed by atoms with Crippen molar-refractivity contribution in [3.63, 3.8) is 0 Å². The van der Waals surface area contributed by atoms with Crippen LogP contribution in [-0.2, 0) is 11.3 Å². The van der Waals surface area contributed by atoms with Crippen LogP contribution in [0.5, 0.6) is 0 Å². The van der Waals surface area contributed by atoms with E-state index in [1.54, 1.807) is 6.92 Å². The number of amides is 2. The van der Waals surface area contributed by atoms with Crippen LogP contribution in [0.1, 0.15) is 37.7 Å². The van der Waals surface area contributed by atoms with E-state index < -0.39 is 5.91 Å². The van der Waals surface area contributed by atoms with E-state index in [4.69, 9.17) is 5.73 Å². The Hall–Kier alpha value is -2.52. The maximum atomic E-state index is 12.7. The van der Waals surface area contributed by atoms with Crippen LogP contribution in [0.15, 0.2) is 11.1 Å². The van der Waals surface area contributed by atoms with E-state index in [1.807, 2.05) is 20.8 Å². The number of aryl methyl sites for hydroxylation is 4. The van der Waals surface area contributed by atoms with Crippen molar-refractivity contribution < 1.29 is 9.59 Å². The van der Waals surface area contributed by atoms with Gasteiger partial charge in [0.15, 0.2) is 0 Å². The number of hydrogen-bond acceptors (Lipinski definition) is 6. The number of anilines is 1. The molecular formula is C18H20N4O3S2. The van der Waals surface area contributed by atoms with Gasteiger partial charge in [-0.2, -0.15) is 0 Å². The van der Waals surface area contributed by atoms with Crippen LogP contribution in [0, 0.1) is 27.7 Å². The first-order chi connectivity index (χ1) is 12.7. The fourth-order valence-electron chi connectivity index (χ4n) is 2.85. The molecule has 0 radical (unpaired) electrons. The summed E-state index contributed by atoms with van der Waals surface area (Å²) in [6.07, 6.45) is 1.56. The number of nitrogens with zero attached hydrogens (tertiary/aromatic N) is 2. The van der Waals surface area contributed by atoms with Gasteiger partial charge in [0, 0.05) is 22.7 Å². The van der Waals surface area contributed by atoms with Gasteiger partial charge in [0.1, 0.15) is 9.83 Å². The molecule has 3 N–H and O–H groups in total. The molecule has 0 saturated carbocycles. The minimum Gasteiger partial charge on any atom is -0.365 e. The second kappa shape index (κ2) is 7.24. The van der Waals surface area contributed by atoms with Crippen LogP contribution in [-0.4, -0.2) is 21.4 Å². The van der Waals surface area contributed by atoms with Crippen LogP contribution in [0.25, 0.3) is 10.2 Å². The Kier molecular flexibility index (Phi) is 5.16.